The maximum absolute atomic E-state index is 5.32. The molecule has 1 aromatic heterocycles. The van der Waals surface area contributed by atoms with Crippen molar-refractivity contribution < 1.29 is 0 Å². The maximum Gasteiger partial charge on any atom is 0.150 e. The average Bonchev–Trinajstić information content (AvgIpc) is 2.41. The number of aromatic amines is 1. The minimum atomic E-state index is 0.754. The van der Waals surface area contributed by atoms with E-state index < -0.39 is 0 Å². The molecule has 4 nitrogen and oxygen atoms in total. The molecule has 1 aromatic rings. The van der Waals surface area contributed by atoms with Crippen LogP contribution in [0, 0.1) is 0 Å². The standard InChI is InChI=1S/C6H12N4/c7-4-2-1-3-6-8-5-9-10-6/h5H,1-4,7H2,(H,8,9,10). The van der Waals surface area contributed by atoms with E-state index in [1.165, 1.54) is 0 Å². The van der Waals surface area contributed by atoms with Crippen LogP contribution in [0.3, 0.4) is 0 Å². The van der Waals surface area contributed by atoms with Crippen LogP contribution < -0.4 is 5.73 Å². The number of unbranched alkanes of at least 4 members (excludes halogenated alkanes) is 1. The van der Waals surface area contributed by atoms with Gasteiger partial charge < -0.3 is 5.73 Å². The summed E-state index contributed by atoms with van der Waals surface area (Å²) in [7, 11) is 0. The number of hydrogen-bond donors (Lipinski definition) is 2. The van der Waals surface area contributed by atoms with Gasteiger partial charge in [0.15, 0.2) is 0 Å². The van der Waals surface area contributed by atoms with Crippen molar-refractivity contribution >= 4 is 0 Å². The van der Waals surface area contributed by atoms with Crippen molar-refractivity contribution in [2.24, 2.45) is 5.73 Å². The van der Waals surface area contributed by atoms with Crippen LogP contribution in [-0.4, -0.2) is 21.7 Å². The van der Waals surface area contributed by atoms with Crippen molar-refractivity contribution in [3.63, 3.8) is 0 Å². The summed E-state index contributed by atoms with van der Waals surface area (Å²) >= 11 is 0. The molecule has 0 fully saturated rings. The molecule has 56 valence electrons. The summed E-state index contributed by atoms with van der Waals surface area (Å²) in [4.78, 5) is 3.98. The van der Waals surface area contributed by atoms with Gasteiger partial charge in [-0.25, -0.2) is 4.98 Å². The zero-order valence-corrected chi connectivity index (χ0v) is 5.88. The highest BCUT2D eigenvalue weighted by Crippen LogP contribution is 1.94. The first kappa shape index (κ1) is 7.21. The Kier molecular flexibility index (Phi) is 2.89. The summed E-state index contributed by atoms with van der Waals surface area (Å²) in [6, 6.07) is 0. The fourth-order valence-electron chi connectivity index (χ4n) is 0.784. The molecule has 0 spiro atoms. The number of aromatic nitrogens is 3. The van der Waals surface area contributed by atoms with E-state index >= 15 is 0 Å². The lowest BCUT2D eigenvalue weighted by Gasteiger charge is -1.91. The molecule has 1 heterocycles. The van der Waals surface area contributed by atoms with Crippen molar-refractivity contribution in [2.45, 2.75) is 19.3 Å². The summed E-state index contributed by atoms with van der Waals surface area (Å²) in [5.41, 5.74) is 5.32. The number of nitrogens with two attached hydrogens (primary N) is 1. The largest absolute Gasteiger partial charge is 0.330 e. The number of aryl methyl sites for hydroxylation is 1. The van der Waals surface area contributed by atoms with Crippen LogP contribution in [0.25, 0.3) is 0 Å². The van der Waals surface area contributed by atoms with Gasteiger partial charge in [-0.3, -0.25) is 5.10 Å². The van der Waals surface area contributed by atoms with Crippen LogP contribution in [0.15, 0.2) is 6.33 Å². The predicted molar refractivity (Wildman–Crippen MR) is 38.4 cm³/mol. The molecule has 0 amide bonds. The van der Waals surface area contributed by atoms with Gasteiger partial charge in [-0.05, 0) is 19.4 Å². The average molecular weight is 140 g/mol. The molecule has 0 radical (unpaired) electrons. The second-order valence-electron chi connectivity index (χ2n) is 2.16. The van der Waals surface area contributed by atoms with Gasteiger partial charge in [0.05, 0.1) is 0 Å². The van der Waals surface area contributed by atoms with E-state index in [1.807, 2.05) is 0 Å². The molecule has 0 saturated heterocycles. The van der Waals surface area contributed by atoms with Crippen molar-refractivity contribution in [1.29, 1.82) is 0 Å². The van der Waals surface area contributed by atoms with Crippen LogP contribution >= 0.6 is 0 Å². The van der Waals surface area contributed by atoms with Gasteiger partial charge in [-0.1, -0.05) is 0 Å². The summed E-state index contributed by atoms with van der Waals surface area (Å²) in [5.74, 6) is 0.883. The third-order valence-electron chi connectivity index (χ3n) is 1.32. The normalized spacial score (nSPS) is 10.1. The van der Waals surface area contributed by atoms with E-state index in [1.54, 1.807) is 6.33 Å². The number of nitrogens with zero attached hydrogens (tertiary/aromatic N) is 2. The summed E-state index contributed by atoms with van der Waals surface area (Å²) in [6.07, 6.45) is 4.65. The Balaban J connectivity index is 2.15. The SMILES string of the molecule is NCCCCc1nc[nH]n1. The minimum Gasteiger partial charge on any atom is -0.330 e. The Bertz CT molecular complexity index is 158. The number of hydrogen-bond acceptors (Lipinski definition) is 3. The monoisotopic (exact) mass is 140 g/mol. The Hall–Kier alpha value is -0.900. The number of nitrogens with one attached hydrogen (secondary N) is 1. The highest BCUT2D eigenvalue weighted by Gasteiger charge is 1.93. The van der Waals surface area contributed by atoms with E-state index in [9.17, 15) is 0 Å². The second kappa shape index (κ2) is 4.00. The molecular formula is C6H12N4. The van der Waals surface area contributed by atoms with E-state index in [-0.39, 0.29) is 0 Å². The van der Waals surface area contributed by atoms with E-state index in [0.717, 1.165) is 31.6 Å². The van der Waals surface area contributed by atoms with E-state index in [2.05, 4.69) is 15.2 Å². The van der Waals surface area contributed by atoms with Gasteiger partial charge in [0.1, 0.15) is 12.2 Å². The molecule has 10 heavy (non-hydrogen) atoms. The highest BCUT2D eigenvalue weighted by molar-refractivity contribution is 4.79. The molecular weight excluding hydrogens is 128 g/mol. The third kappa shape index (κ3) is 2.14. The molecule has 4 heteroatoms. The van der Waals surface area contributed by atoms with Crippen LogP contribution in [0.2, 0.25) is 0 Å². The van der Waals surface area contributed by atoms with Gasteiger partial charge >= 0.3 is 0 Å². The molecule has 0 saturated carbocycles. The summed E-state index contributed by atoms with van der Waals surface area (Å²) in [6.45, 7) is 0.754. The topological polar surface area (TPSA) is 67.6 Å². The molecule has 0 unspecified atom stereocenters. The van der Waals surface area contributed by atoms with Gasteiger partial charge in [-0.2, -0.15) is 5.10 Å². The summed E-state index contributed by atoms with van der Waals surface area (Å²) in [5, 5.41) is 6.58. The van der Waals surface area contributed by atoms with Gasteiger partial charge in [0.2, 0.25) is 0 Å². The molecule has 0 atom stereocenters. The molecule has 0 aromatic carbocycles. The quantitative estimate of drug-likeness (QED) is 0.582. The van der Waals surface area contributed by atoms with Crippen molar-refractivity contribution in [1.82, 2.24) is 15.2 Å². The fourth-order valence-corrected chi connectivity index (χ4v) is 0.784. The Labute approximate surface area is 59.8 Å². The lowest BCUT2D eigenvalue weighted by Crippen LogP contribution is -1.99. The predicted octanol–water partition coefficient (Wildman–Crippen LogP) is 0.0861. The van der Waals surface area contributed by atoms with Gasteiger partial charge in [0.25, 0.3) is 0 Å². The lowest BCUT2D eigenvalue weighted by molar-refractivity contribution is 0.718. The molecule has 3 N–H and O–H groups in total. The zero-order chi connectivity index (χ0) is 7.23. The molecule has 0 bridgehead atoms. The van der Waals surface area contributed by atoms with Crippen molar-refractivity contribution in [2.75, 3.05) is 6.54 Å². The van der Waals surface area contributed by atoms with Crippen molar-refractivity contribution in [3.8, 4) is 0 Å². The molecule has 0 aliphatic carbocycles. The Morgan fingerprint density at radius 2 is 2.40 bits per heavy atom. The second-order valence-corrected chi connectivity index (χ2v) is 2.16. The van der Waals surface area contributed by atoms with Crippen LogP contribution in [0.1, 0.15) is 18.7 Å². The number of H-pyrrole nitrogens is 1. The highest BCUT2D eigenvalue weighted by atomic mass is 15.2. The third-order valence-corrected chi connectivity index (χ3v) is 1.32. The summed E-state index contributed by atoms with van der Waals surface area (Å²) < 4.78 is 0. The first-order valence-corrected chi connectivity index (χ1v) is 3.48. The first-order valence-electron chi connectivity index (χ1n) is 3.48. The van der Waals surface area contributed by atoms with Gasteiger partial charge in [0, 0.05) is 6.42 Å². The smallest absolute Gasteiger partial charge is 0.150 e. The first-order chi connectivity index (χ1) is 4.93. The molecule has 0 aliphatic heterocycles. The van der Waals surface area contributed by atoms with Crippen LogP contribution in [0.4, 0.5) is 0 Å². The Morgan fingerprint density at radius 3 is 3.00 bits per heavy atom. The minimum absolute atomic E-state index is 0.754. The van der Waals surface area contributed by atoms with Gasteiger partial charge in [-0.15, -0.1) is 0 Å². The van der Waals surface area contributed by atoms with Crippen LogP contribution in [-0.2, 0) is 6.42 Å². The fraction of sp³-hybridized carbons (Fsp3) is 0.667. The van der Waals surface area contributed by atoms with Crippen LogP contribution in [0.5, 0.6) is 0 Å². The number of rotatable bonds is 4. The van der Waals surface area contributed by atoms with Crippen molar-refractivity contribution in [3.05, 3.63) is 12.2 Å². The van der Waals surface area contributed by atoms with E-state index in [4.69, 9.17) is 5.73 Å². The Morgan fingerprint density at radius 1 is 1.50 bits per heavy atom. The molecule has 0 aliphatic rings. The molecule has 1 rings (SSSR count). The maximum atomic E-state index is 5.32. The lowest BCUT2D eigenvalue weighted by atomic mass is 10.2. The van der Waals surface area contributed by atoms with E-state index in [0.29, 0.717) is 0 Å². The zero-order valence-electron chi connectivity index (χ0n) is 5.88.